The summed E-state index contributed by atoms with van der Waals surface area (Å²) >= 11 is 0. The van der Waals surface area contributed by atoms with Crippen LogP contribution in [0.4, 0.5) is 5.95 Å². The highest BCUT2D eigenvalue weighted by Crippen LogP contribution is 2.14. The zero-order valence-corrected chi connectivity index (χ0v) is 6.60. The number of hydrogen-bond donors (Lipinski definition) is 3. The molecule has 0 aromatic rings. The number of anilines is 1. The van der Waals surface area contributed by atoms with Gasteiger partial charge in [0.15, 0.2) is 0 Å². The Bertz CT molecular complexity index is 477. The van der Waals surface area contributed by atoms with Gasteiger partial charge in [-0.2, -0.15) is 0 Å². The maximum Gasteiger partial charge on any atom is 0.242 e. The van der Waals surface area contributed by atoms with E-state index in [1.165, 1.54) is 6.07 Å². The maximum absolute atomic E-state index is 9.28. The van der Waals surface area contributed by atoms with Crippen molar-refractivity contribution >= 4 is 5.95 Å². The van der Waals surface area contributed by atoms with Crippen LogP contribution in [0.1, 0.15) is 0 Å². The molecule has 0 unspecified atom stereocenters. The number of rotatable bonds is 0. The Morgan fingerprint density at radius 1 is 1.46 bits per heavy atom. The van der Waals surface area contributed by atoms with Gasteiger partial charge >= 0.3 is 0 Å². The lowest BCUT2D eigenvalue weighted by atomic mass is 10.2. The third-order valence-corrected chi connectivity index (χ3v) is 1.62. The van der Waals surface area contributed by atoms with E-state index in [4.69, 9.17) is 11.1 Å². The van der Waals surface area contributed by atoms with Crippen molar-refractivity contribution < 1.29 is 5.21 Å². The van der Waals surface area contributed by atoms with Crippen LogP contribution in [0.5, 0.6) is 0 Å². The first-order valence-corrected chi connectivity index (χ1v) is 3.57. The summed E-state index contributed by atoms with van der Waals surface area (Å²) in [5.74, 6) is -0.00673. The van der Waals surface area contributed by atoms with Crippen LogP contribution in [0.25, 0.3) is 11.4 Å². The Morgan fingerprint density at radius 3 is 3.00 bits per heavy atom. The van der Waals surface area contributed by atoms with Gasteiger partial charge in [0.25, 0.3) is 0 Å². The van der Waals surface area contributed by atoms with E-state index in [1.807, 2.05) is 0 Å². The summed E-state index contributed by atoms with van der Waals surface area (Å²) in [6.07, 6.45) is 0. The largest absolute Gasteiger partial charge is 0.411 e. The zero-order chi connectivity index (χ0) is 9.42. The van der Waals surface area contributed by atoms with Crippen molar-refractivity contribution in [3.8, 4) is 11.4 Å². The molecule has 0 amide bonds. The summed E-state index contributed by atoms with van der Waals surface area (Å²) in [7, 11) is 0. The number of nitrogen functional groups attached to an aromatic ring is 1. The standard InChI is InChI=1S/C7H7N5O/c8-4-1-2-5-6(3-4)12(13)11-7(9)10-5/h1-3,8,13H,(H2,9,11). The van der Waals surface area contributed by atoms with Crippen molar-refractivity contribution in [2.75, 3.05) is 5.73 Å². The first-order chi connectivity index (χ1) is 6.16. The van der Waals surface area contributed by atoms with Crippen LogP contribution in [0.2, 0.25) is 0 Å². The molecule has 0 fully saturated rings. The van der Waals surface area contributed by atoms with Gasteiger partial charge in [0.2, 0.25) is 5.95 Å². The number of hydrogen-bond acceptors (Lipinski definition) is 5. The second-order valence-corrected chi connectivity index (χ2v) is 2.56. The highest BCUT2D eigenvalue weighted by molar-refractivity contribution is 5.55. The fourth-order valence-electron chi connectivity index (χ4n) is 1.07. The van der Waals surface area contributed by atoms with E-state index in [2.05, 4.69) is 10.1 Å². The number of nitrogens with one attached hydrogen (secondary N) is 1. The predicted octanol–water partition coefficient (Wildman–Crippen LogP) is -0.318. The average molecular weight is 177 g/mol. The normalized spacial score (nSPS) is 10.5. The quantitative estimate of drug-likeness (QED) is 0.480. The van der Waals surface area contributed by atoms with Gasteiger partial charge in [0, 0.05) is 0 Å². The Balaban J connectivity index is 2.87. The summed E-state index contributed by atoms with van der Waals surface area (Å²) in [4.78, 5) is 4.50. The van der Waals surface area contributed by atoms with Crippen LogP contribution in [0, 0.1) is 5.41 Å². The van der Waals surface area contributed by atoms with E-state index in [-0.39, 0.29) is 11.3 Å². The minimum absolute atomic E-state index is 0.00673. The molecule has 0 radical (unpaired) electrons. The van der Waals surface area contributed by atoms with Gasteiger partial charge in [0.1, 0.15) is 5.69 Å². The molecule has 2 rings (SSSR count). The van der Waals surface area contributed by atoms with Gasteiger partial charge in [-0.15, -0.1) is 0 Å². The lowest BCUT2D eigenvalue weighted by molar-refractivity contribution is 0.148. The molecule has 0 bridgehead atoms. The summed E-state index contributed by atoms with van der Waals surface area (Å²) in [6, 6.07) is 4.62. The molecule has 6 heteroatoms. The molecule has 13 heavy (non-hydrogen) atoms. The van der Waals surface area contributed by atoms with Crippen LogP contribution < -0.4 is 11.1 Å². The molecule has 0 spiro atoms. The molecule has 6 nitrogen and oxygen atoms in total. The van der Waals surface area contributed by atoms with Crippen molar-refractivity contribution in [3.63, 3.8) is 0 Å². The SMILES string of the molecule is N=c1ccc2nc(N)nn(O)c-2c1. The fraction of sp³-hybridized carbons (Fsp3) is 0. The number of aromatic nitrogens is 3. The molecular weight excluding hydrogens is 170 g/mol. The van der Waals surface area contributed by atoms with E-state index >= 15 is 0 Å². The van der Waals surface area contributed by atoms with Crippen molar-refractivity contribution in [2.24, 2.45) is 0 Å². The van der Waals surface area contributed by atoms with Crippen molar-refractivity contribution in [2.45, 2.75) is 0 Å². The zero-order valence-electron chi connectivity index (χ0n) is 6.60. The minimum Gasteiger partial charge on any atom is -0.411 e. The first-order valence-electron chi connectivity index (χ1n) is 3.57. The Kier molecular flexibility index (Phi) is 1.42. The second kappa shape index (κ2) is 2.44. The molecule has 0 saturated carbocycles. The van der Waals surface area contributed by atoms with E-state index < -0.39 is 0 Å². The number of nitrogens with zero attached hydrogens (tertiary/aromatic N) is 3. The second-order valence-electron chi connectivity index (χ2n) is 2.56. The minimum atomic E-state index is -0.00673. The molecule has 0 aromatic carbocycles. The van der Waals surface area contributed by atoms with Crippen LogP contribution in [-0.4, -0.2) is 20.1 Å². The first kappa shape index (κ1) is 7.53. The summed E-state index contributed by atoms with van der Waals surface area (Å²) in [6.45, 7) is 0. The highest BCUT2D eigenvalue weighted by atomic mass is 16.5. The molecule has 4 N–H and O–H groups in total. The molecule has 1 aliphatic carbocycles. The Morgan fingerprint density at radius 2 is 2.23 bits per heavy atom. The van der Waals surface area contributed by atoms with Crippen LogP contribution in [0.15, 0.2) is 18.2 Å². The van der Waals surface area contributed by atoms with Crippen molar-refractivity contribution in [3.05, 3.63) is 23.6 Å². The van der Waals surface area contributed by atoms with Gasteiger partial charge in [-0.05, 0) is 18.2 Å². The van der Waals surface area contributed by atoms with Gasteiger partial charge < -0.3 is 16.4 Å². The smallest absolute Gasteiger partial charge is 0.242 e. The Labute approximate surface area is 73.1 Å². The van der Waals surface area contributed by atoms with Crippen LogP contribution in [-0.2, 0) is 0 Å². The molecule has 1 aliphatic heterocycles. The number of fused-ring (bicyclic) bond motifs is 1. The average Bonchev–Trinajstić information content (AvgIpc) is 2.06. The summed E-state index contributed by atoms with van der Waals surface area (Å²) in [5.41, 5.74) is 6.18. The number of benzene rings is 1. The van der Waals surface area contributed by atoms with Gasteiger partial charge in [-0.3, -0.25) is 0 Å². The highest BCUT2D eigenvalue weighted by Gasteiger charge is 2.08. The van der Waals surface area contributed by atoms with Crippen LogP contribution >= 0.6 is 0 Å². The topological polar surface area (TPSA) is 101 Å². The molecule has 0 atom stereocenters. The van der Waals surface area contributed by atoms with Gasteiger partial charge in [-0.25, -0.2) is 4.98 Å². The lowest BCUT2D eigenvalue weighted by Crippen LogP contribution is -2.13. The summed E-state index contributed by atoms with van der Waals surface area (Å²) < 4.78 is 0. The number of nitrogens with two attached hydrogens (primary N) is 1. The fourth-order valence-corrected chi connectivity index (χ4v) is 1.07. The van der Waals surface area contributed by atoms with Crippen molar-refractivity contribution in [1.29, 1.82) is 5.41 Å². The van der Waals surface area contributed by atoms with Crippen LogP contribution in [0.3, 0.4) is 0 Å². The third-order valence-electron chi connectivity index (χ3n) is 1.62. The molecular formula is C7H7N5O. The van der Waals surface area contributed by atoms with Crippen molar-refractivity contribution in [1.82, 2.24) is 14.9 Å². The van der Waals surface area contributed by atoms with E-state index in [1.54, 1.807) is 12.1 Å². The third kappa shape index (κ3) is 1.18. The molecule has 1 heterocycles. The monoisotopic (exact) mass is 177 g/mol. The molecule has 2 aliphatic rings. The molecule has 66 valence electrons. The van der Waals surface area contributed by atoms with E-state index in [0.717, 1.165) is 0 Å². The van der Waals surface area contributed by atoms with Gasteiger partial charge in [0.05, 0.1) is 11.1 Å². The molecule has 0 aromatic heterocycles. The lowest BCUT2D eigenvalue weighted by Gasteiger charge is -2.07. The maximum atomic E-state index is 9.28. The van der Waals surface area contributed by atoms with E-state index in [9.17, 15) is 5.21 Å². The predicted molar refractivity (Wildman–Crippen MR) is 44.1 cm³/mol. The van der Waals surface area contributed by atoms with Gasteiger partial charge in [-0.1, -0.05) is 9.94 Å². The summed E-state index contributed by atoms with van der Waals surface area (Å²) in [5, 5.41) is 20.4. The molecule has 0 saturated heterocycles. The van der Waals surface area contributed by atoms with E-state index in [0.29, 0.717) is 16.2 Å². The Hall–Kier alpha value is -2.11.